The Labute approximate surface area is 165 Å². The van der Waals surface area contributed by atoms with E-state index >= 15 is 0 Å². The van der Waals surface area contributed by atoms with Crippen LogP contribution >= 0.6 is 0 Å². The van der Waals surface area contributed by atoms with Crippen molar-refractivity contribution in [3.8, 4) is 5.75 Å². The molecule has 0 bridgehead atoms. The summed E-state index contributed by atoms with van der Waals surface area (Å²) in [5.74, 6) is 1.19. The highest BCUT2D eigenvalue weighted by atomic mass is 16.5. The molecule has 3 rings (SSSR count). The van der Waals surface area contributed by atoms with Crippen molar-refractivity contribution in [2.75, 3.05) is 19.0 Å². The molecule has 6 nitrogen and oxygen atoms in total. The summed E-state index contributed by atoms with van der Waals surface area (Å²) in [7, 11) is 1.64. The zero-order chi connectivity index (χ0) is 19.8. The molecule has 6 heteroatoms. The van der Waals surface area contributed by atoms with Crippen LogP contribution in [0.25, 0.3) is 0 Å². The lowest BCUT2D eigenvalue weighted by molar-refractivity contribution is 0.0949. The van der Waals surface area contributed by atoms with Crippen molar-refractivity contribution in [1.82, 2.24) is 15.3 Å². The van der Waals surface area contributed by atoms with E-state index in [2.05, 4.69) is 33.6 Å². The van der Waals surface area contributed by atoms with Gasteiger partial charge >= 0.3 is 0 Å². The number of carbonyl (C=O) groups is 1. The third kappa shape index (κ3) is 5.07. The lowest BCUT2D eigenvalue weighted by atomic mass is 10.1. The van der Waals surface area contributed by atoms with Crippen molar-refractivity contribution in [2.24, 2.45) is 0 Å². The molecule has 0 aliphatic heterocycles. The quantitative estimate of drug-likeness (QED) is 0.626. The molecule has 3 aromatic rings. The van der Waals surface area contributed by atoms with Crippen LogP contribution in [0.1, 0.15) is 28.5 Å². The maximum Gasteiger partial charge on any atom is 0.270 e. The van der Waals surface area contributed by atoms with Gasteiger partial charge in [0.1, 0.15) is 23.6 Å². The number of aryl methyl sites for hydroxylation is 1. The number of ether oxygens (including phenoxy) is 1. The molecule has 0 aliphatic rings. The van der Waals surface area contributed by atoms with Crippen molar-refractivity contribution >= 4 is 17.4 Å². The Bertz CT molecular complexity index is 926. The van der Waals surface area contributed by atoms with E-state index in [0.717, 1.165) is 29.8 Å². The van der Waals surface area contributed by atoms with Crippen LogP contribution in [-0.2, 0) is 12.8 Å². The Kier molecular flexibility index (Phi) is 6.57. The van der Waals surface area contributed by atoms with Gasteiger partial charge in [0.15, 0.2) is 0 Å². The Morgan fingerprint density at radius 3 is 2.61 bits per heavy atom. The number of carbonyl (C=O) groups excluding carboxylic acids is 1. The van der Waals surface area contributed by atoms with Crippen LogP contribution in [0.15, 0.2) is 60.9 Å². The fourth-order valence-electron chi connectivity index (χ4n) is 2.84. The standard InChI is InChI=1S/C22H24N4O2/c1-3-17-6-4-5-7-19(17)26-21-14-20(24-15-25-21)22(27)23-13-12-16-8-10-18(28-2)11-9-16/h4-11,14-15H,3,12-13H2,1-2H3,(H,23,27)(H,24,25,26). The molecule has 2 aromatic carbocycles. The molecule has 1 heterocycles. The molecule has 0 fully saturated rings. The van der Waals surface area contributed by atoms with Crippen LogP contribution in [0.3, 0.4) is 0 Å². The summed E-state index contributed by atoms with van der Waals surface area (Å²) in [5.41, 5.74) is 3.63. The number of nitrogens with zero attached hydrogens (tertiary/aromatic N) is 2. The lowest BCUT2D eigenvalue weighted by Gasteiger charge is -2.11. The predicted octanol–water partition coefficient (Wildman–Crippen LogP) is 3.76. The van der Waals surface area contributed by atoms with E-state index in [1.807, 2.05) is 42.5 Å². The fourth-order valence-corrected chi connectivity index (χ4v) is 2.84. The molecule has 0 unspecified atom stereocenters. The smallest absolute Gasteiger partial charge is 0.270 e. The summed E-state index contributed by atoms with van der Waals surface area (Å²) in [6, 6.07) is 17.5. The van der Waals surface area contributed by atoms with E-state index in [1.54, 1.807) is 13.2 Å². The van der Waals surface area contributed by atoms with Crippen LogP contribution in [0.2, 0.25) is 0 Å². The Morgan fingerprint density at radius 1 is 1.07 bits per heavy atom. The first-order valence-corrected chi connectivity index (χ1v) is 9.27. The van der Waals surface area contributed by atoms with E-state index in [0.29, 0.717) is 18.1 Å². The lowest BCUT2D eigenvalue weighted by Crippen LogP contribution is -2.26. The highest BCUT2D eigenvalue weighted by Crippen LogP contribution is 2.20. The van der Waals surface area contributed by atoms with Gasteiger partial charge in [-0.25, -0.2) is 9.97 Å². The highest BCUT2D eigenvalue weighted by molar-refractivity contribution is 5.93. The first-order chi connectivity index (χ1) is 13.7. The molecule has 1 amide bonds. The second-order valence-corrected chi connectivity index (χ2v) is 6.28. The van der Waals surface area contributed by atoms with Gasteiger partial charge in [-0.05, 0) is 42.2 Å². The summed E-state index contributed by atoms with van der Waals surface area (Å²) in [4.78, 5) is 20.7. The normalized spacial score (nSPS) is 10.4. The van der Waals surface area contributed by atoms with E-state index < -0.39 is 0 Å². The number of hydrogen-bond donors (Lipinski definition) is 2. The first kappa shape index (κ1) is 19.4. The molecule has 0 atom stereocenters. The van der Waals surface area contributed by atoms with Crippen LogP contribution in [0.4, 0.5) is 11.5 Å². The zero-order valence-electron chi connectivity index (χ0n) is 16.1. The third-order valence-electron chi connectivity index (χ3n) is 4.42. The maximum absolute atomic E-state index is 12.4. The SMILES string of the molecule is CCc1ccccc1Nc1cc(C(=O)NCCc2ccc(OC)cc2)ncn1. The molecular weight excluding hydrogens is 352 g/mol. The van der Waals surface area contributed by atoms with Crippen molar-refractivity contribution < 1.29 is 9.53 Å². The molecule has 2 N–H and O–H groups in total. The second-order valence-electron chi connectivity index (χ2n) is 6.28. The van der Waals surface area contributed by atoms with Gasteiger partial charge in [0.25, 0.3) is 5.91 Å². The number of nitrogens with one attached hydrogen (secondary N) is 2. The maximum atomic E-state index is 12.4. The molecule has 0 saturated carbocycles. The van der Waals surface area contributed by atoms with Gasteiger partial charge in [0.2, 0.25) is 0 Å². The van der Waals surface area contributed by atoms with Gasteiger partial charge in [-0.3, -0.25) is 4.79 Å². The van der Waals surface area contributed by atoms with Gasteiger partial charge in [-0.15, -0.1) is 0 Å². The molecule has 28 heavy (non-hydrogen) atoms. The average Bonchev–Trinajstić information content (AvgIpc) is 2.75. The molecule has 1 aromatic heterocycles. The van der Waals surface area contributed by atoms with Crippen molar-refractivity contribution in [2.45, 2.75) is 19.8 Å². The minimum absolute atomic E-state index is 0.220. The monoisotopic (exact) mass is 376 g/mol. The van der Waals surface area contributed by atoms with E-state index in [1.165, 1.54) is 11.9 Å². The number of anilines is 2. The van der Waals surface area contributed by atoms with E-state index in [4.69, 9.17) is 4.74 Å². The van der Waals surface area contributed by atoms with E-state index in [-0.39, 0.29) is 5.91 Å². The van der Waals surface area contributed by atoms with Crippen molar-refractivity contribution in [3.05, 3.63) is 77.7 Å². The Hall–Kier alpha value is -3.41. The largest absolute Gasteiger partial charge is 0.497 e. The molecule has 0 aliphatic carbocycles. The van der Waals surface area contributed by atoms with Crippen molar-refractivity contribution in [3.63, 3.8) is 0 Å². The van der Waals surface area contributed by atoms with E-state index in [9.17, 15) is 4.79 Å². The Morgan fingerprint density at radius 2 is 1.86 bits per heavy atom. The summed E-state index contributed by atoms with van der Waals surface area (Å²) < 4.78 is 5.15. The summed E-state index contributed by atoms with van der Waals surface area (Å²) >= 11 is 0. The molecule has 0 spiro atoms. The second kappa shape index (κ2) is 9.50. The number of amides is 1. The predicted molar refractivity (Wildman–Crippen MR) is 110 cm³/mol. The number of benzene rings is 2. The van der Waals surface area contributed by atoms with Crippen LogP contribution in [0, 0.1) is 0 Å². The summed E-state index contributed by atoms with van der Waals surface area (Å²) in [6.07, 6.45) is 3.04. The third-order valence-corrected chi connectivity index (χ3v) is 4.42. The van der Waals surface area contributed by atoms with Crippen LogP contribution in [-0.4, -0.2) is 29.5 Å². The summed E-state index contributed by atoms with van der Waals surface area (Å²) in [6.45, 7) is 2.62. The van der Waals surface area contributed by atoms with Crippen molar-refractivity contribution in [1.29, 1.82) is 0 Å². The molecular formula is C22H24N4O2. The van der Waals surface area contributed by atoms with Crippen LogP contribution < -0.4 is 15.4 Å². The highest BCUT2D eigenvalue weighted by Gasteiger charge is 2.09. The fraction of sp³-hybridized carbons (Fsp3) is 0.227. The van der Waals surface area contributed by atoms with Gasteiger partial charge in [0, 0.05) is 18.3 Å². The average molecular weight is 376 g/mol. The van der Waals surface area contributed by atoms with Gasteiger partial charge in [0.05, 0.1) is 7.11 Å². The molecule has 0 saturated heterocycles. The number of methoxy groups -OCH3 is 1. The van der Waals surface area contributed by atoms with Gasteiger partial charge in [-0.2, -0.15) is 0 Å². The number of hydrogen-bond acceptors (Lipinski definition) is 5. The minimum atomic E-state index is -0.220. The number of aromatic nitrogens is 2. The van der Waals surface area contributed by atoms with Gasteiger partial charge < -0.3 is 15.4 Å². The van der Waals surface area contributed by atoms with Crippen LogP contribution in [0.5, 0.6) is 5.75 Å². The first-order valence-electron chi connectivity index (χ1n) is 9.27. The topological polar surface area (TPSA) is 76.1 Å². The Balaban J connectivity index is 1.58. The van der Waals surface area contributed by atoms with Gasteiger partial charge in [-0.1, -0.05) is 37.3 Å². The summed E-state index contributed by atoms with van der Waals surface area (Å²) in [5, 5.41) is 6.17. The minimum Gasteiger partial charge on any atom is -0.497 e. The molecule has 0 radical (unpaired) electrons. The number of para-hydroxylation sites is 1. The molecule has 144 valence electrons. The number of rotatable bonds is 8. The zero-order valence-corrected chi connectivity index (χ0v) is 16.1.